The number of aryl methyl sites for hydroxylation is 1. The van der Waals surface area contributed by atoms with Gasteiger partial charge in [-0.25, -0.2) is 13.4 Å². The number of rotatable bonds is 8. The van der Waals surface area contributed by atoms with Gasteiger partial charge in [-0.05, 0) is 48.7 Å². The number of aromatic nitrogens is 1. The molecule has 8 heteroatoms. The van der Waals surface area contributed by atoms with E-state index in [0.717, 1.165) is 29.5 Å². The molecule has 0 spiro atoms. The lowest BCUT2D eigenvalue weighted by molar-refractivity contribution is -0.114. The summed E-state index contributed by atoms with van der Waals surface area (Å²) in [4.78, 5) is 15.7. The van der Waals surface area contributed by atoms with Crippen LogP contribution in [0.1, 0.15) is 38.7 Å². The van der Waals surface area contributed by atoms with Crippen LogP contribution in [0.4, 0.5) is 10.8 Å². The molecule has 3 aromatic rings. The van der Waals surface area contributed by atoms with Crippen LogP contribution >= 0.6 is 11.3 Å². The van der Waals surface area contributed by atoms with Crippen molar-refractivity contribution in [1.29, 1.82) is 0 Å². The van der Waals surface area contributed by atoms with Crippen LogP contribution in [0.2, 0.25) is 0 Å². The van der Waals surface area contributed by atoms with Crippen LogP contribution in [-0.4, -0.2) is 19.3 Å². The predicted octanol–water partition coefficient (Wildman–Crippen LogP) is 4.79. The molecule has 0 saturated heterocycles. The lowest BCUT2D eigenvalue weighted by atomic mass is 10.1. The van der Waals surface area contributed by atoms with Gasteiger partial charge in [-0.15, -0.1) is 0 Å². The largest absolute Gasteiger partial charge is 0.302 e. The molecule has 2 N–H and O–H groups in total. The molecule has 3 rings (SSSR count). The molecule has 0 fully saturated rings. The van der Waals surface area contributed by atoms with Gasteiger partial charge in [-0.1, -0.05) is 43.2 Å². The number of carbonyl (C=O) groups excluding carboxylic acids is 1. The van der Waals surface area contributed by atoms with Crippen molar-refractivity contribution in [2.75, 3.05) is 10.0 Å². The fourth-order valence-corrected chi connectivity index (χ4v) is 4.82. The predicted molar refractivity (Wildman–Crippen MR) is 114 cm³/mol. The first-order valence-corrected chi connectivity index (χ1v) is 11.5. The summed E-state index contributed by atoms with van der Waals surface area (Å²) in [6.07, 6.45) is 4.40. The lowest BCUT2D eigenvalue weighted by Gasteiger charge is -2.09. The summed E-state index contributed by atoms with van der Waals surface area (Å²) in [5.41, 5.74) is 2.30. The smallest absolute Gasteiger partial charge is 0.261 e. The number of hydrogen-bond donors (Lipinski definition) is 2. The SMILES string of the molecule is CCCCCc1ccc(S(=O)(=O)Nc2ccc3nc(NC(C)=O)sc3c2)cc1. The van der Waals surface area contributed by atoms with E-state index in [0.29, 0.717) is 16.3 Å². The number of benzene rings is 2. The van der Waals surface area contributed by atoms with Gasteiger partial charge in [0.2, 0.25) is 5.91 Å². The third-order valence-corrected chi connectivity index (χ3v) is 6.56. The highest BCUT2D eigenvalue weighted by atomic mass is 32.2. The molecular weight excluding hydrogens is 394 g/mol. The van der Waals surface area contributed by atoms with Crippen molar-refractivity contribution in [2.45, 2.75) is 44.4 Å². The Hall–Kier alpha value is -2.45. The van der Waals surface area contributed by atoms with Crippen LogP contribution in [0.25, 0.3) is 10.2 Å². The number of nitrogens with zero attached hydrogens (tertiary/aromatic N) is 1. The number of anilines is 2. The van der Waals surface area contributed by atoms with Crippen LogP contribution in [0.5, 0.6) is 0 Å². The second-order valence-electron chi connectivity index (χ2n) is 6.59. The zero-order valence-electron chi connectivity index (χ0n) is 15.9. The molecule has 0 radical (unpaired) electrons. The maximum atomic E-state index is 12.7. The minimum absolute atomic E-state index is 0.196. The summed E-state index contributed by atoms with van der Waals surface area (Å²) in [6.45, 7) is 3.58. The number of amides is 1. The topological polar surface area (TPSA) is 88.2 Å². The number of sulfonamides is 1. The fourth-order valence-electron chi connectivity index (χ4n) is 2.82. The normalized spacial score (nSPS) is 11.5. The number of hydrogen-bond acceptors (Lipinski definition) is 5. The first kappa shape index (κ1) is 20.3. The Bertz CT molecular complexity index is 1070. The number of thiazole rings is 1. The van der Waals surface area contributed by atoms with Crippen molar-refractivity contribution >= 4 is 48.3 Å². The third kappa shape index (κ3) is 5.08. The molecule has 0 saturated carbocycles. The van der Waals surface area contributed by atoms with Crippen LogP contribution in [0, 0.1) is 0 Å². The molecule has 6 nitrogen and oxygen atoms in total. The fraction of sp³-hybridized carbons (Fsp3) is 0.300. The Balaban J connectivity index is 1.75. The first-order chi connectivity index (χ1) is 13.4. The third-order valence-electron chi connectivity index (χ3n) is 4.23. The minimum Gasteiger partial charge on any atom is -0.302 e. The van der Waals surface area contributed by atoms with E-state index >= 15 is 0 Å². The molecular formula is C20H23N3O3S2. The second kappa shape index (κ2) is 8.70. The Morgan fingerprint density at radius 3 is 2.54 bits per heavy atom. The summed E-state index contributed by atoms with van der Waals surface area (Å²) in [7, 11) is -3.67. The molecule has 1 aromatic heterocycles. The van der Waals surface area contributed by atoms with Gasteiger partial charge in [-0.2, -0.15) is 0 Å². The van der Waals surface area contributed by atoms with Crippen LogP contribution < -0.4 is 10.0 Å². The zero-order valence-corrected chi connectivity index (χ0v) is 17.5. The van der Waals surface area contributed by atoms with Gasteiger partial charge in [-0.3, -0.25) is 9.52 Å². The zero-order chi connectivity index (χ0) is 20.1. The highest BCUT2D eigenvalue weighted by Crippen LogP contribution is 2.29. The number of fused-ring (bicyclic) bond motifs is 1. The monoisotopic (exact) mass is 417 g/mol. The van der Waals surface area contributed by atoms with Gasteiger partial charge < -0.3 is 5.32 Å². The van der Waals surface area contributed by atoms with E-state index in [1.165, 1.54) is 24.7 Å². The Morgan fingerprint density at radius 1 is 1.11 bits per heavy atom. The van der Waals surface area contributed by atoms with Gasteiger partial charge in [0.1, 0.15) is 0 Å². The first-order valence-electron chi connectivity index (χ1n) is 9.17. The van der Waals surface area contributed by atoms with Crippen molar-refractivity contribution in [2.24, 2.45) is 0 Å². The van der Waals surface area contributed by atoms with E-state index in [4.69, 9.17) is 0 Å². The van der Waals surface area contributed by atoms with Crippen molar-refractivity contribution in [3.63, 3.8) is 0 Å². The minimum atomic E-state index is -3.67. The van der Waals surface area contributed by atoms with Crippen molar-refractivity contribution < 1.29 is 13.2 Å². The number of unbranched alkanes of at least 4 members (excludes halogenated alkanes) is 2. The van der Waals surface area contributed by atoms with Crippen molar-refractivity contribution in [3.8, 4) is 0 Å². The molecule has 0 unspecified atom stereocenters. The van der Waals surface area contributed by atoms with Crippen molar-refractivity contribution in [1.82, 2.24) is 4.98 Å². The second-order valence-corrected chi connectivity index (χ2v) is 9.30. The molecule has 0 aliphatic heterocycles. The van der Waals surface area contributed by atoms with Crippen LogP contribution in [0.15, 0.2) is 47.4 Å². The molecule has 1 heterocycles. The maximum absolute atomic E-state index is 12.7. The molecule has 0 atom stereocenters. The number of nitrogens with one attached hydrogen (secondary N) is 2. The molecule has 2 aromatic carbocycles. The van der Waals surface area contributed by atoms with E-state index < -0.39 is 10.0 Å². The average Bonchev–Trinajstić information content (AvgIpc) is 3.02. The molecule has 0 bridgehead atoms. The van der Waals surface area contributed by atoms with Crippen molar-refractivity contribution in [3.05, 3.63) is 48.0 Å². The standard InChI is InChI=1S/C20H23N3O3S2/c1-3-4-5-6-15-7-10-17(11-8-15)28(25,26)23-16-9-12-18-19(13-16)27-20(22-18)21-14(2)24/h7-13,23H,3-6H2,1-2H3,(H,21,22,24). The molecule has 0 aliphatic rings. The number of carbonyl (C=O) groups is 1. The molecule has 0 aliphatic carbocycles. The Labute approximate surface area is 169 Å². The van der Waals surface area contributed by atoms with E-state index in [2.05, 4.69) is 21.9 Å². The highest BCUT2D eigenvalue weighted by molar-refractivity contribution is 7.92. The van der Waals surface area contributed by atoms with Crippen LogP contribution in [-0.2, 0) is 21.2 Å². The highest BCUT2D eigenvalue weighted by Gasteiger charge is 2.15. The lowest BCUT2D eigenvalue weighted by Crippen LogP contribution is -2.12. The van der Waals surface area contributed by atoms with Gasteiger partial charge >= 0.3 is 0 Å². The van der Waals surface area contributed by atoms with Gasteiger partial charge in [0.25, 0.3) is 10.0 Å². The Kier molecular flexibility index (Phi) is 6.31. The molecule has 148 valence electrons. The summed E-state index contributed by atoms with van der Waals surface area (Å²) in [5.74, 6) is -0.196. The van der Waals surface area contributed by atoms with E-state index in [1.807, 2.05) is 12.1 Å². The van der Waals surface area contributed by atoms with E-state index in [9.17, 15) is 13.2 Å². The average molecular weight is 418 g/mol. The summed E-state index contributed by atoms with van der Waals surface area (Å²) >= 11 is 1.30. The van der Waals surface area contributed by atoms with E-state index in [-0.39, 0.29) is 10.8 Å². The quantitative estimate of drug-likeness (QED) is 0.516. The summed E-state index contributed by atoms with van der Waals surface area (Å²) < 4.78 is 28.8. The summed E-state index contributed by atoms with van der Waals surface area (Å²) in [6, 6.07) is 12.1. The summed E-state index contributed by atoms with van der Waals surface area (Å²) in [5, 5.41) is 3.13. The maximum Gasteiger partial charge on any atom is 0.261 e. The van der Waals surface area contributed by atoms with E-state index in [1.54, 1.807) is 30.3 Å². The van der Waals surface area contributed by atoms with Crippen LogP contribution in [0.3, 0.4) is 0 Å². The molecule has 28 heavy (non-hydrogen) atoms. The van der Waals surface area contributed by atoms with Gasteiger partial charge in [0.15, 0.2) is 5.13 Å². The molecule has 1 amide bonds. The Morgan fingerprint density at radius 2 is 1.86 bits per heavy atom. The van der Waals surface area contributed by atoms with Gasteiger partial charge in [0, 0.05) is 6.92 Å². The van der Waals surface area contributed by atoms with Gasteiger partial charge in [0.05, 0.1) is 20.8 Å².